The Labute approximate surface area is 113 Å². The van der Waals surface area contributed by atoms with Gasteiger partial charge in [0.25, 0.3) is 0 Å². The number of anilines is 1. The first-order valence-electron chi connectivity index (χ1n) is 7.00. The maximum Gasteiger partial charge on any atom is 0.152 e. The molecule has 0 bridgehead atoms. The molecule has 0 radical (unpaired) electrons. The third kappa shape index (κ3) is 2.48. The van der Waals surface area contributed by atoms with Crippen LogP contribution in [0.25, 0.3) is 5.52 Å². The molecule has 1 aliphatic rings. The molecule has 0 aromatic carbocycles. The van der Waals surface area contributed by atoms with Crippen molar-refractivity contribution in [2.24, 2.45) is 0 Å². The van der Waals surface area contributed by atoms with Crippen LogP contribution in [0.3, 0.4) is 0 Å². The van der Waals surface area contributed by atoms with E-state index in [1.807, 2.05) is 16.9 Å². The van der Waals surface area contributed by atoms with Gasteiger partial charge in [-0.1, -0.05) is 26.0 Å². The molecular weight excluding hydrogens is 236 g/mol. The Morgan fingerprint density at radius 2 is 2.26 bits per heavy atom. The van der Waals surface area contributed by atoms with Gasteiger partial charge in [0.1, 0.15) is 5.52 Å². The molecule has 3 rings (SSSR count). The molecule has 2 aromatic heterocycles. The Kier molecular flexibility index (Phi) is 3.23. The highest BCUT2D eigenvalue weighted by Gasteiger charge is 2.14. The summed E-state index contributed by atoms with van der Waals surface area (Å²) in [6.07, 6.45) is 11.6. The topological polar surface area (TPSA) is 42.2 Å². The first kappa shape index (κ1) is 12.2. The van der Waals surface area contributed by atoms with E-state index in [0.29, 0.717) is 12.0 Å². The number of rotatable bonds is 3. The highest BCUT2D eigenvalue weighted by Crippen LogP contribution is 2.22. The average Bonchev–Trinajstić information content (AvgIpc) is 2.85. The molecule has 1 N–H and O–H groups in total. The van der Waals surface area contributed by atoms with Crippen molar-refractivity contribution in [1.82, 2.24) is 14.6 Å². The molecule has 1 aliphatic carbocycles. The highest BCUT2D eigenvalue weighted by molar-refractivity contribution is 5.68. The number of allylic oxidation sites excluding steroid dienone is 1. The van der Waals surface area contributed by atoms with Gasteiger partial charge in [-0.2, -0.15) is 5.10 Å². The lowest BCUT2D eigenvalue weighted by Crippen LogP contribution is -2.21. The summed E-state index contributed by atoms with van der Waals surface area (Å²) >= 11 is 0. The van der Waals surface area contributed by atoms with Crippen LogP contribution in [0.15, 0.2) is 30.6 Å². The molecule has 2 aromatic rings. The molecule has 4 heteroatoms. The zero-order chi connectivity index (χ0) is 13.2. The van der Waals surface area contributed by atoms with Crippen LogP contribution in [-0.4, -0.2) is 20.6 Å². The summed E-state index contributed by atoms with van der Waals surface area (Å²) < 4.78 is 1.92. The summed E-state index contributed by atoms with van der Waals surface area (Å²) in [5, 5.41) is 8.14. The number of hydrogen-bond donors (Lipinski definition) is 1. The molecule has 0 saturated carbocycles. The van der Waals surface area contributed by atoms with Crippen molar-refractivity contribution in [2.45, 2.75) is 45.1 Å². The first-order chi connectivity index (χ1) is 9.24. The molecular formula is C15H20N4. The fourth-order valence-electron chi connectivity index (χ4n) is 2.45. The van der Waals surface area contributed by atoms with E-state index in [1.54, 1.807) is 0 Å². The van der Waals surface area contributed by atoms with Gasteiger partial charge in [-0.3, -0.25) is 0 Å². The van der Waals surface area contributed by atoms with Crippen LogP contribution in [-0.2, 0) is 0 Å². The minimum atomic E-state index is 0.436. The first-order valence-corrected chi connectivity index (χ1v) is 7.00. The van der Waals surface area contributed by atoms with Crippen LogP contribution in [0.1, 0.15) is 44.7 Å². The summed E-state index contributed by atoms with van der Waals surface area (Å²) in [7, 11) is 0. The predicted octanol–water partition coefficient (Wildman–Crippen LogP) is 3.37. The Hall–Kier alpha value is -1.84. The van der Waals surface area contributed by atoms with Crippen molar-refractivity contribution in [1.29, 1.82) is 0 Å². The molecule has 4 nitrogen and oxygen atoms in total. The van der Waals surface area contributed by atoms with Crippen molar-refractivity contribution in [2.75, 3.05) is 5.32 Å². The molecule has 1 unspecified atom stereocenters. The second-order valence-corrected chi connectivity index (χ2v) is 5.46. The normalized spacial score (nSPS) is 19.2. The SMILES string of the molecule is CC(C)c1cc2c(NC3CC=CCC3)nccn2n1. The largest absolute Gasteiger partial charge is 0.365 e. The fraction of sp³-hybridized carbons (Fsp3) is 0.467. The third-order valence-corrected chi connectivity index (χ3v) is 3.61. The van der Waals surface area contributed by atoms with E-state index in [0.717, 1.165) is 29.9 Å². The number of nitrogens with zero attached hydrogens (tertiary/aromatic N) is 3. The monoisotopic (exact) mass is 256 g/mol. The zero-order valence-electron chi connectivity index (χ0n) is 11.5. The molecule has 2 heterocycles. The number of nitrogens with one attached hydrogen (secondary N) is 1. The second-order valence-electron chi connectivity index (χ2n) is 5.46. The minimum Gasteiger partial charge on any atom is -0.365 e. The second kappa shape index (κ2) is 5.03. The van der Waals surface area contributed by atoms with Crippen molar-refractivity contribution in [3.63, 3.8) is 0 Å². The van der Waals surface area contributed by atoms with Crippen molar-refractivity contribution < 1.29 is 0 Å². The van der Waals surface area contributed by atoms with Crippen molar-refractivity contribution in [3.05, 3.63) is 36.3 Å². The maximum atomic E-state index is 4.59. The van der Waals surface area contributed by atoms with E-state index >= 15 is 0 Å². The van der Waals surface area contributed by atoms with E-state index in [9.17, 15) is 0 Å². The lowest BCUT2D eigenvalue weighted by atomic mass is 10.0. The van der Waals surface area contributed by atoms with Gasteiger partial charge in [0.05, 0.1) is 5.69 Å². The minimum absolute atomic E-state index is 0.436. The third-order valence-electron chi connectivity index (χ3n) is 3.61. The van der Waals surface area contributed by atoms with Crippen LogP contribution in [0.2, 0.25) is 0 Å². The van der Waals surface area contributed by atoms with Gasteiger partial charge in [-0.05, 0) is 31.2 Å². The molecule has 0 aliphatic heterocycles. The summed E-state index contributed by atoms with van der Waals surface area (Å²) in [4.78, 5) is 4.48. The molecule has 0 saturated heterocycles. The molecule has 0 amide bonds. The molecule has 19 heavy (non-hydrogen) atoms. The van der Waals surface area contributed by atoms with Crippen LogP contribution in [0.5, 0.6) is 0 Å². The van der Waals surface area contributed by atoms with Gasteiger partial charge in [-0.25, -0.2) is 9.50 Å². The Bertz CT molecular complexity index is 597. The smallest absolute Gasteiger partial charge is 0.152 e. The zero-order valence-corrected chi connectivity index (χ0v) is 11.5. The number of hydrogen-bond acceptors (Lipinski definition) is 3. The van der Waals surface area contributed by atoms with Gasteiger partial charge in [0.15, 0.2) is 5.82 Å². The Balaban J connectivity index is 1.91. The lowest BCUT2D eigenvalue weighted by molar-refractivity contribution is 0.642. The van der Waals surface area contributed by atoms with Crippen LogP contribution in [0, 0.1) is 0 Å². The van der Waals surface area contributed by atoms with E-state index in [1.165, 1.54) is 6.42 Å². The van der Waals surface area contributed by atoms with Crippen molar-refractivity contribution in [3.8, 4) is 0 Å². The van der Waals surface area contributed by atoms with Gasteiger partial charge in [0.2, 0.25) is 0 Å². The summed E-state index contributed by atoms with van der Waals surface area (Å²) in [6, 6.07) is 2.62. The quantitative estimate of drug-likeness (QED) is 0.856. The van der Waals surface area contributed by atoms with Crippen molar-refractivity contribution >= 4 is 11.3 Å². The van der Waals surface area contributed by atoms with Crippen LogP contribution < -0.4 is 5.32 Å². The summed E-state index contributed by atoms with van der Waals surface area (Å²) in [5.74, 6) is 1.38. The van der Waals surface area contributed by atoms with E-state index in [4.69, 9.17) is 0 Å². The maximum absolute atomic E-state index is 4.59. The fourth-order valence-corrected chi connectivity index (χ4v) is 2.45. The van der Waals surface area contributed by atoms with Crippen LogP contribution in [0.4, 0.5) is 5.82 Å². The van der Waals surface area contributed by atoms with Gasteiger partial charge >= 0.3 is 0 Å². The van der Waals surface area contributed by atoms with E-state index < -0.39 is 0 Å². The van der Waals surface area contributed by atoms with Gasteiger partial charge < -0.3 is 5.32 Å². The lowest BCUT2D eigenvalue weighted by Gasteiger charge is -2.20. The van der Waals surface area contributed by atoms with Gasteiger partial charge in [-0.15, -0.1) is 0 Å². The standard InChI is InChI=1S/C15H20N4/c1-11(2)13-10-14-15(16-8-9-19(14)18-13)17-12-6-4-3-5-7-12/h3-4,8-12H,5-7H2,1-2H3,(H,16,17). The molecule has 0 spiro atoms. The molecule has 1 atom stereocenters. The highest BCUT2D eigenvalue weighted by atomic mass is 15.2. The summed E-state index contributed by atoms with van der Waals surface area (Å²) in [6.45, 7) is 4.32. The number of fused-ring (bicyclic) bond motifs is 1. The van der Waals surface area contributed by atoms with Crippen LogP contribution >= 0.6 is 0 Å². The van der Waals surface area contributed by atoms with E-state index in [2.05, 4.69) is 47.5 Å². The summed E-state index contributed by atoms with van der Waals surface area (Å²) in [5.41, 5.74) is 2.18. The average molecular weight is 256 g/mol. The van der Waals surface area contributed by atoms with E-state index in [-0.39, 0.29) is 0 Å². The Morgan fingerprint density at radius 3 is 3.00 bits per heavy atom. The van der Waals surface area contributed by atoms with Gasteiger partial charge in [0, 0.05) is 18.4 Å². The molecule has 0 fully saturated rings. The molecule has 100 valence electrons. The number of aromatic nitrogens is 3. The Morgan fingerprint density at radius 1 is 1.37 bits per heavy atom. The predicted molar refractivity (Wildman–Crippen MR) is 77.5 cm³/mol.